The highest BCUT2D eigenvalue weighted by atomic mass is 15.4. The van der Waals surface area contributed by atoms with Gasteiger partial charge in [-0.15, -0.1) is 0 Å². The second kappa shape index (κ2) is 8.75. The van der Waals surface area contributed by atoms with Crippen LogP contribution in [-0.4, -0.2) is 25.8 Å². The zero-order valence-corrected chi connectivity index (χ0v) is 17.8. The predicted molar refractivity (Wildman–Crippen MR) is 125 cm³/mol. The Kier molecular flexibility index (Phi) is 5.70. The molecule has 0 radical (unpaired) electrons. The topological polar surface area (TPSA) is 135 Å². The number of aromatic nitrogens is 4. The van der Waals surface area contributed by atoms with Crippen molar-refractivity contribution in [2.24, 2.45) is 11.6 Å². The maximum atomic E-state index is 9.09. The molecule has 0 unspecified atom stereocenters. The van der Waals surface area contributed by atoms with Crippen molar-refractivity contribution in [2.75, 3.05) is 10.3 Å². The van der Waals surface area contributed by atoms with Gasteiger partial charge in [0.2, 0.25) is 0 Å². The first-order valence-electron chi connectivity index (χ1n) is 10.0. The molecule has 4 aromatic rings. The summed E-state index contributed by atoms with van der Waals surface area (Å²) in [6, 6.07) is 15.4. The molecular weight excluding hydrogens is 402 g/mol. The van der Waals surface area contributed by atoms with Crippen molar-refractivity contribution in [2.45, 2.75) is 19.9 Å². The molecule has 0 spiro atoms. The zero-order chi connectivity index (χ0) is 22.7. The second-order valence-electron chi connectivity index (χ2n) is 7.52. The molecule has 0 saturated carbocycles. The van der Waals surface area contributed by atoms with Gasteiger partial charge in [0.1, 0.15) is 6.07 Å². The summed E-state index contributed by atoms with van der Waals surface area (Å²) in [6.07, 6.45) is 6.49. The monoisotopic (exact) mass is 425 g/mol. The average Bonchev–Trinajstić information content (AvgIpc) is 3.22. The van der Waals surface area contributed by atoms with Crippen LogP contribution in [0.1, 0.15) is 25.0 Å². The van der Waals surface area contributed by atoms with E-state index in [2.05, 4.69) is 26.5 Å². The molecule has 5 N–H and O–H groups in total. The third-order valence-electron chi connectivity index (χ3n) is 4.73. The quantitative estimate of drug-likeness (QED) is 0.317. The third kappa shape index (κ3) is 4.21. The van der Waals surface area contributed by atoms with Gasteiger partial charge in [0, 0.05) is 29.9 Å². The molecule has 0 fully saturated rings. The number of anilines is 2. The molecule has 3 heterocycles. The number of hydrazine groups is 1. The summed E-state index contributed by atoms with van der Waals surface area (Å²) >= 11 is 0. The fourth-order valence-corrected chi connectivity index (χ4v) is 3.26. The Morgan fingerprint density at radius 1 is 1.16 bits per heavy atom. The predicted octanol–water partition coefficient (Wildman–Crippen LogP) is 3.14. The number of nitriles is 1. The molecule has 32 heavy (non-hydrogen) atoms. The summed E-state index contributed by atoms with van der Waals surface area (Å²) in [5.74, 6) is 6.90. The van der Waals surface area contributed by atoms with E-state index in [1.165, 1.54) is 11.2 Å². The highest BCUT2D eigenvalue weighted by Gasteiger charge is 2.14. The van der Waals surface area contributed by atoms with Gasteiger partial charge in [-0.25, -0.2) is 15.8 Å². The van der Waals surface area contributed by atoms with Crippen LogP contribution in [0.4, 0.5) is 11.4 Å². The largest absolute Gasteiger partial charge is 0.397 e. The number of nitrogens with zero attached hydrogens (tertiary/aromatic N) is 6. The summed E-state index contributed by atoms with van der Waals surface area (Å²) in [4.78, 5) is 8.91. The molecule has 9 nitrogen and oxygen atoms in total. The molecule has 0 aliphatic heterocycles. The Bertz CT molecular complexity index is 1320. The number of hydrogen-bond acceptors (Lipinski definition) is 8. The van der Waals surface area contributed by atoms with Crippen LogP contribution in [0.15, 0.2) is 67.3 Å². The van der Waals surface area contributed by atoms with E-state index in [-0.39, 0.29) is 6.04 Å². The molecule has 0 aliphatic carbocycles. The SMILES string of the molecule is CC(C)Nc1cc(-n2ncc3cc(C#N)cnc32)ncc1N(N)/C=C(\N)c1ccccc1. The lowest BCUT2D eigenvalue weighted by Crippen LogP contribution is -2.27. The fourth-order valence-electron chi connectivity index (χ4n) is 3.26. The van der Waals surface area contributed by atoms with Crippen molar-refractivity contribution in [1.29, 1.82) is 5.26 Å². The number of benzene rings is 1. The lowest BCUT2D eigenvalue weighted by atomic mass is 10.2. The molecule has 160 valence electrons. The summed E-state index contributed by atoms with van der Waals surface area (Å²) < 4.78 is 1.63. The Morgan fingerprint density at radius 3 is 2.66 bits per heavy atom. The van der Waals surface area contributed by atoms with Crippen molar-refractivity contribution in [3.63, 3.8) is 0 Å². The molecule has 0 amide bonds. The standard InChI is InChI=1S/C23H23N9/c1-15(2)30-20-9-22(32-23-18(12-29-32)8-16(10-24)11-28-23)27-13-21(20)31(26)14-19(25)17-6-4-3-5-7-17/h3-9,11-15H,25-26H2,1-2H3,(H,27,30)/b19-14-. The van der Waals surface area contributed by atoms with Gasteiger partial charge in [-0.05, 0) is 25.5 Å². The average molecular weight is 426 g/mol. The minimum Gasteiger partial charge on any atom is -0.397 e. The highest BCUT2D eigenvalue weighted by Crippen LogP contribution is 2.28. The summed E-state index contributed by atoms with van der Waals surface area (Å²) in [7, 11) is 0. The first-order chi connectivity index (χ1) is 15.5. The van der Waals surface area contributed by atoms with Crippen molar-refractivity contribution in [3.05, 3.63) is 78.4 Å². The van der Waals surface area contributed by atoms with Gasteiger partial charge in [0.05, 0.1) is 35.0 Å². The Morgan fingerprint density at radius 2 is 1.94 bits per heavy atom. The molecule has 0 aliphatic rings. The van der Waals surface area contributed by atoms with E-state index >= 15 is 0 Å². The van der Waals surface area contributed by atoms with Crippen molar-refractivity contribution in [1.82, 2.24) is 19.7 Å². The molecule has 0 bridgehead atoms. The van der Waals surface area contributed by atoms with E-state index in [0.29, 0.717) is 28.4 Å². The minimum absolute atomic E-state index is 0.151. The van der Waals surface area contributed by atoms with E-state index in [1.807, 2.05) is 50.2 Å². The van der Waals surface area contributed by atoms with Crippen LogP contribution >= 0.6 is 0 Å². The normalized spacial score (nSPS) is 11.5. The molecule has 1 aromatic carbocycles. The van der Waals surface area contributed by atoms with Crippen LogP contribution in [0.5, 0.6) is 0 Å². The van der Waals surface area contributed by atoms with Crippen molar-refractivity contribution >= 4 is 28.1 Å². The van der Waals surface area contributed by atoms with Gasteiger partial charge in [0.15, 0.2) is 11.5 Å². The number of hydrogen-bond donors (Lipinski definition) is 3. The van der Waals surface area contributed by atoms with Gasteiger partial charge < -0.3 is 11.1 Å². The first-order valence-corrected chi connectivity index (χ1v) is 10.0. The Hall–Kier alpha value is -4.42. The maximum absolute atomic E-state index is 9.09. The van der Waals surface area contributed by atoms with Crippen LogP contribution in [0.25, 0.3) is 22.5 Å². The molecule has 3 aromatic heterocycles. The summed E-state index contributed by atoms with van der Waals surface area (Å²) in [5.41, 5.74) is 10.1. The zero-order valence-electron chi connectivity index (χ0n) is 17.8. The van der Waals surface area contributed by atoms with Crippen molar-refractivity contribution < 1.29 is 0 Å². The molecule has 4 rings (SSSR count). The number of pyridine rings is 2. The Labute approximate surface area is 185 Å². The van der Waals surface area contributed by atoms with Crippen LogP contribution in [0, 0.1) is 11.3 Å². The van der Waals surface area contributed by atoms with Gasteiger partial charge in [-0.1, -0.05) is 30.3 Å². The van der Waals surface area contributed by atoms with E-state index in [9.17, 15) is 0 Å². The maximum Gasteiger partial charge on any atom is 0.164 e. The van der Waals surface area contributed by atoms with Crippen LogP contribution < -0.4 is 21.9 Å². The fraction of sp³-hybridized carbons (Fsp3) is 0.130. The third-order valence-corrected chi connectivity index (χ3v) is 4.73. The van der Waals surface area contributed by atoms with Crippen molar-refractivity contribution in [3.8, 4) is 11.9 Å². The second-order valence-corrected chi connectivity index (χ2v) is 7.52. The minimum atomic E-state index is 0.151. The Balaban J connectivity index is 1.73. The number of rotatable bonds is 6. The van der Waals surface area contributed by atoms with E-state index < -0.39 is 0 Å². The number of nitrogens with one attached hydrogen (secondary N) is 1. The lowest BCUT2D eigenvalue weighted by molar-refractivity contribution is 0.855. The number of fused-ring (bicyclic) bond motifs is 1. The summed E-state index contributed by atoms with van der Waals surface area (Å²) in [5, 5.41) is 19.1. The van der Waals surface area contributed by atoms with E-state index in [1.54, 1.807) is 29.3 Å². The van der Waals surface area contributed by atoms with E-state index in [0.717, 1.165) is 16.6 Å². The first kappa shape index (κ1) is 20.8. The van der Waals surface area contributed by atoms with E-state index in [4.69, 9.17) is 16.8 Å². The summed E-state index contributed by atoms with van der Waals surface area (Å²) in [6.45, 7) is 4.07. The van der Waals surface area contributed by atoms with Gasteiger partial charge >= 0.3 is 0 Å². The van der Waals surface area contributed by atoms with Gasteiger partial charge in [0.25, 0.3) is 0 Å². The molecule has 0 atom stereocenters. The lowest BCUT2D eigenvalue weighted by Gasteiger charge is -2.21. The van der Waals surface area contributed by atoms with Gasteiger partial charge in [-0.3, -0.25) is 5.01 Å². The van der Waals surface area contributed by atoms with Crippen LogP contribution in [0.2, 0.25) is 0 Å². The van der Waals surface area contributed by atoms with Crippen LogP contribution in [0.3, 0.4) is 0 Å². The molecule has 9 heteroatoms. The highest BCUT2D eigenvalue weighted by molar-refractivity contribution is 5.79. The van der Waals surface area contributed by atoms with Crippen LogP contribution in [-0.2, 0) is 0 Å². The molecular formula is C23H23N9. The van der Waals surface area contributed by atoms with Gasteiger partial charge in [-0.2, -0.15) is 15.0 Å². The molecule has 0 saturated heterocycles. The number of nitrogens with two attached hydrogens (primary N) is 2. The smallest absolute Gasteiger partial charge is 0.164 e.